The van der Waals surface area contributed by atoms with Gasteiger partial charge in [0.2, 0.25) is 0 Å². The van der Waals surface area contributed by atoms with E-state index in [4.69, 9.17) is 9.47 Å². The molecule has 3 heteroatoms. The third-order valence-electron chi connectivity index (χ3n) is 2.22. The zero-order valence-corrected chi connectivity index (χ0v) is 11.5. The van der Waals surface area contributed by atoms with Crippen LogP contribution in [0.2, 0.25) is 0 Å². The van der Waals surface area contributed by atoms with Gasteiger partial charge < -0.3 is 9.47 Å². The van der Waals surface area contributed by atoms with Gasteiger partial charge >= 0.3 is 5.97 Å². The summed E-state index contributed by atoms with van der Waals surface area (Å²) in [7, 11) is 0. The predicted molar refractivity (Wildman–Crippen MR) is 69.9 cm³/mol. The van der Waals surface area contributed by atoms with Gasteiger partial charge in [-0.3, -0.25) is 0 Å². The van der Waals surface area contributed by atoms with Gasteiger partial charge in [0, 0.05) is 18.8 Å². The van der Waals surface area contributed by atoms with Crippen molar-refractivity contribution >= 4 is 5.97 Å². The van der Waals surface area contributed by atoms with E-state index in [9.17, 15) is 4.79 Å². The molecule has 0 aliphatic carbocycles. The van der Waals surface area contributed by atoms with Crippen LogP contribution in [-0.4, -0.2) is 25.8 Å². The number of hydrogen-bond acceptors (Lipinski definition) is 3. The smallest absolute Gasteiger partial charge is 0.333 e. The standard InChI is InChI=1S/C14H26O3/c1-12(2)11-16-9-7-5-6-8-10-17-14(15)13(3)4/h12H,3,5-11H2,1-2,4H3. The van der Waals surface area contributed by atoms with E-state index in [2.05, 4.69) is 20.4 Å². The first-order chi connectivity index (χ1) is 8.04. The summed E-state index contributed by atoms with van der Waals surface area (Å²) in [4.78, 5) is 11.0. The summed E-state index contributed by atoms with van der Waals surface area (Å²) in [6.07, 6.45) is 4.21. The van der Waals surface area contributed by atoms with E-state index in [1.807, 2.05) is 0 Å². The van der Waals surface area contributed by atoms with Crippen LogP contribution in [0.3, 0.4) is 0 Å². The SMILES string of the molecule is C=C(C)C(=O)OCCCCCCOCC(C)C. The molecule has 0 atom stereocenters. The number of hydrogen-bond donors (Lipinski definition) is 0. The lowest BCUT2D eigenvalue weighted by Crippen LogP contribution is -2.06. The summed E-state index contributed by atoms with van der Waals surface area (Å²) in [6.45, 7) is 11.7. The van der Waals surface area contributed by atoms with E-state index in [0.29, 0.717) is 18.1 Å². The fourth-order valence-corrected chi connectivity index (χ4v) is 1.27. The molecule has 0 aromatic carbocycles. The Morgan fingerprint density at radius 1 is 1.12 bits per heavy atom. The first-order valence-electron chi connectivity index (χ1n) is 6.44. The molecule has 0 amide bonds. The average Bonchev–Trinajstić information content (AvgIpc) is 2.25. The maximum absolute atomic E-state index is 11.0. The predicted octanol–water partition coefficient (Wildman–Crippen LogP) is 3.34. The van der Waals surface area contributed by atoms with E-state index >= 15 is 0 Å². The Morgan fingerprint density at radius 2 is 1.71 bits per heavy atom. The Hall–Kier alpha value is -0.830. The Kier molecular flexibility index (Phi) is 9.83. The van der Waals surface area contributed by atoms with Gasteiger partial charge in [0.1, 0.15) is 0 Å². The second-order valence-electron chi connectivity index (χ2n) is 4.80. The van der Waals surface area contributed by atoms with Crippen molar-refractivity contribution < 1.29 is 14.3 Å². The highest BCUT2D eigenvalue weighted by Gasteiger charge is 2.01. The molecule has 0 saturated carbocycles. The molecule has 0 aromatic heterocycles. The molecule has 0 rings (SSSR count). The molecule has 0 bridgehead atoms. The molecule has 100 valence electrons. The number of unbranched alkanes of at least 4 members (excludes halogenated alkanes) is 3. The Bertz CT molecular complexity index is 222. The van der Waals surface area contributed by atoms with Gasteiger partial charge in [0.25, 0.3) is 0 Å². The summed E-state index contributed by atoms with van der Waals surface area (Å²) in [5, 5.41) is 0. The molecule has 0 spiro atoms. The number of ether oxygens (including phenoxy) is 2. The molecular formula is C14H26O3. The Labute approximate surface area is 105 Å². The third-order valence-corrected chi connectivity index (χ3v) is 2.22. The van der Waals surface area contributed by atoms with Crippen LogP contribution in [0.4, 0.5) is 0 Å². The molecule has 0 unspecified atom stereocenters. The third kappa shape index (κ3) is 11.4. The van der Waals surface area contributed by atoms with Crippen molar-refractivity contribution in [2.75, 3.05) is 19.8 Å². The summed E-state index contributed by atoms with van der Waals surface area (Å²) in [6, 6.07) is 0. The zero-order valence-electron chi connectivity index (χ0n) is 11.5. The highest BCUT2D eigenvalue weighted by Crippen LogP contribution is 2.03. The van der Waals surface area contributed by atoms with Crippen molar-refractivity contribution in [3.63, 3.8) is 0 Å². The molecule has 0 heterocycles. The van der Waals surface area contributed by atoms with Crippen LogP contribution in [0.5, 0.6) is 0 Å². The number of rotatable bonds is 10. The molecule has 0 aliphatic rings. The quantitative estimate of drug-likeness (QED) is 0.335. The Morgan fingerprint density at radius 3 is 2.24 bits per heavy atom. The van der Waals surface area contributed by atoms with Gasteiger partial charge in [-0.15, -0.1) is 0 Å². The van der Waals surface area contributed by atoms with E-state index in [-0.39, 0.29) is 5.97 Å². The lowest BCUT2D eigenvalue weighted by Gasteiger charge is -2.06. The van der Waals surface area contributed by atoms with Gasteiger partial charge in [0.05, 0.1) is 6.61 Å². The highest BCUT2D eigenvalue weighted by atomic mass is 16.5. The van der Waals surface area contributed by atoms with E-state index < -0.39 is 0 Å². The monoisotopic (exact) mass is 242 g/mol. The van der Waals surface area contributed by atoms with Gasteiger partial charge in [-0.25, -0.2) is 4.79 Å². The van der Waals surface area contributed by atoms with Crippen molar-refractivity contribution in [3.8, 4) is 0 Å². The summed E-state index contributed by atoms with van der Waals surface area (Å²) < 4.78 is 10.5. The second-order valence-corrected chi connectivity index (χ2v) is 4.80. The largest absolute Gasteiger partial charge is 0.462 e. The molecule has 3 nitrogen and oxygen atoms in total. The van der Waals surface area contributed by atoms with E-state index in [1.165, 1.54) is 0 Å². The summed E-state index contributed by atoms with van der Waals surface area (Å²) >= 11 is 0. The van der Waals surface area contributed by atoms with Crippen molar-refractivity contribution in [3.05, 3.63) is 12.2 Å². The molecule has 0 radical (unpaired) electrons. The minimum absolute atomic E-state index is 0.287. The normalized spacial score (nSPS) is 10.6. The number of carbonyl (C=O) groups is 1. The fraction of sp³-hybridized carbons (Fsp3) is 0.786. The van der Waals surface area contributed by atoms with Crippen LogP contribution in [0.1, 0.15) is 46.5 Å². The maximum atomic E-state index is 11.0. The summed E-state index contributed by atoms with van der Waals surface area (Å²) in [5.41, 5.74) is 0.465. The maximum Gasteiger partial charge on any atom is 0.333 e. The average molecular weight is 242 g/mol. The van der Waals surface area contributed by atoms with Gasteiger partial charge in [-0.2, -0.15) is 0 Å². The lowest BCUT2D eigenvalue weighted by molar-refractivity contribution is -0.139. The lowest BCUT2D eigenvalue weighted by atomic mass is 10.2. The molecule has 17 heavy (non-hydrogen) atoms. The van der Waals surface area contributed by atoms with E-state index in [1.54, 1.807) is 6.92 Å². The second kappa shape index (κ2) is 10.3. The molecular weight excluding hydrogens is 216 g/mol. The van der Waals surface area contributed by atoms with Gasteiger partial charge in [0.15, 0.2) is 0 Å². The molecule has 0 fully saturated rings. The summed E-state index contributed by atoms with van der Waals surface area (Å²) in [5.74, 6) is 0.321. The minimum atomic E-state index is -0.287. The fourth-order valence-electron chi connectivity index (χ4n) is 1.27. The van der Waals surface area contributed by atoms with Crippen molar-refractivity contribution in [1.82, 2.24) is 0 Å². The van der Waals surface area contributed by atoms with Gasteiger partial charge in [-0.05, 0) is 32.1 Å². The molecule has 0 aliphatic heterocycles. The van der Waals surface area contributed by atoms with E-state index in [0.717, 1.165) is 38.9 Å². The number of carbonyl (C=O) groups excluding carboxylic acids is 1. The zero-order chi connectivity index (χ0) is 13.1. The van der Waals surface area contributed by atoms with Crippen molar-refractivity contribution in [1.29, 1.82) is 0 Å². The first-order valence-corrected chi connectivity index (χ1v) is 6.44. The van der Waals surface area contributed by atoms with Crippen molar-refractivity contribution in [2.45, 2.75) is 46.5 Å². The Balaban J connectivity index is 3.14. The first kappa shape index (κ1) is 16.2. The van der Waals surface area contributed by atoms with Crippen LogP contribution >= 0.6 is 0 Å². The minimum Gasteiger partial charge on any atom is -0.462 e. The molecule has 0 N–H and O–H groups in total. The highest BCUT2D eigenvalue weighted by molar-refractivity contribution is 5.86. The van der Waals surface area contributed by atoms with Crippen molar-refractivity contribution in [2.24, 2.45) is 5.92 Å². The van der Waals surface area contributed by atoms with Crippen LogP contribution < -0.4 is 0 Å². The topological polar surface area (TPSA) is 35.5 Å². The van der Waals surface area contributed by atoms with Crippen LogP contribution in [0.15, 0.2) is 12.2 Å². The van der Waals surface area contributed by atoms with Gasteiger partial charge in [-0.1, -0.05) is 26.8 Å². The van der Waals surface area contributed by atoms with Crippen LogP contribution in [-0.2, 0) is 14.3 Å². The van der Waals surface area contributed by atoms with Crippen LogP contribution in [0, 0.1) is 5.92 Å². The molecule has 0 saturated heterocycles. The number of esters is 1. The molecule has 0 aromatic rings. The van der Waals surface area contributed by atoms with Crippen LogP contribution in [0.25, 0.3) is 0 Å².